The molecule has 3 N–H and O–H groups in total. The van der Waals surface area contributed by atoms with Gasteiger partial charge in [0.1, 0.15) is 6.04 Å². The Morgan fingerprint density at radius 2 is 1.88 bits per heavy atom. The fourth-order valence-corrected chi connectivity index (χ4v) is 4.42. The summed E-state index contributed by atoms with van der Waals surface area (Å²) in [5, 5.41) is 8.10. The zero-order valence-corrected chi connectivity index (χ0v) is 15.3. The largest absolute Gasteiger partial charge is 0.334 e. The van der Waals surface area contributed by atoms with Gasteiger partial charge in [-0.15, -0.1) is 0 Å². The number of rotatable bonds is 6. The summed E-state index contributed by atoms with van der Waals surface area (Å²) in [6.45, 7) is 3.93. The molecule has 1 aromatic rings. The molecule has 25 heavy (non-hydrogen) atoms. The molecule has 0 radical (unpaired) electrons. The summed E-state index contributed by atoms with van der Waals surface area (Å²) in [7, 11) is -3.07. The van der Waals surface area contributed by atoms with Crippen molar-refractivity contribution in [1.82, 2.24) is 10.6 Å². The lowest BCUT2D eigenvalue weighted by Gasteiger charge is -2.21. The van der Waals surface area contributed by atoms with Gasteiger partial charge in [-0.25, -0.2) is 13.2 Å². The van der Waals surface area contributed by atoms with Crippen LogP contribution in [0.3, 0.4) is 0 Å². The van der Waals surface area contributed by atoms with Crippen LogP contribution in [0.2, 0.25) is 0 Å². The maximum atomic E-state index is 12.5. The minimum atomic E-state index is -3.07. The van der Waals surface area contributed by atoms with E-state index in [0.717, 1.165) is 0 Å². The zero-order chi connectivity index (χ0) is 18.4. The van der Waals surface area contributed by atoms with E-state index in [4.69, 9.17) is 0 Å². The predicted molar refractivity (Wildman–Crippen MR) is 97.0 cm³/mol. The van der Waals surface area contributed by atoms with Crippen LogP contribution in [0.4, 0.5) is 10.5 Å². The Bertz CT molecular complexity index is 704. The third-order valence-corrected chi connectivity index (χ3v) is 5.71. The monoisotopic (exact) mass is 367 g/mol. The maximum Gasteiger partial charge on any atom is 0.315 e. The highest BCUT2D eigenvalue weighted by atomic mass is 32.2. The number of anilines is 1. The van der Waals surface area contributed by atoms with Gasteiger partial charge in [-0.3, -0.25) is 4.79 Å². The van der Waals surface area contributed by atoms with Crippen LogP contribution in [0.25, 0.3) is 0 Å². The van der Waals surface area contributed by atoms with Crippen molar-refractivity contribution >= 4 is 27.5 Å². The highest BCUT2D eigenvalue weighted by Gasteiger charge is 2.30. The Morgan fingerprint density at radius 3 is 2.44 bits per heavy atom. The van der Waals surface area contributed by atoms with Gasteiger partial charge in [0.2, 0.25) is 5.91 Å². The second-order valence-electron chi connectivity index (χ2n) is 6.76. The molecule has 7 nitrogen and oxygen atoms in total. The van der Waals surface area contributed by atoms with Crippen LogP contribution >= 0.6 is 0 Å². The van der Waals surface area contributed by atoms with E-state index >= 15 is 0 Å². The van der Waals surface area contributed by atoms with E-state index in [1.54, 1.807) is 12.1 Å². The van der Waals surface area contributed by atoms with Gasteiger partial charge in [-0.2, -0.15) is 0 Å². The molecular weight excluding hydrogens is 342 g/mol. The molecule has 0 aliphatic carbocycles. The number of hydrogen-bond acceptors (Lipinski definition) is 4. The average Bonchev–Trinajstić information content (AvgIpc) is 2.85. The first-order chi connectivity index (χ1) is 11.7. The first-order valence-corrected chi connectivity index (χ1v) is 10.2. The van der Waals surface area contributed by atoms with Crippen LogP contribution < -0.4 is 16.0 Å². The molecule has 1 heterocycles. The maximum absolute atomic E-state index is 12.5. The number of hydrogen-bond donors (Lipinski definition) is 3. The fraction of sp³-hybridized carbons (Fsp3) is 0.529. The number of amides is 3. The second kappa shape index (κ2) is 8.33. The Morgan fingerprint density at radius 1 is 1.20 bits per heavy atom. The molecule has 2 atom stereocenters. The number of para-hydroxylation sites is 1. The number of nitrogens with one attached hydrogen (secondary N) is 3. The zero-order valence-electron chi connectivity index (χ0n) is 14.5. The van der Waals surface area contributed by atoms with Gasteiger partial charge in [0.15, 0.2) is 9.84 Å². The number of carbonyl (C=O) groups excluding carboxylic acids is 2. The van der Waals surface area contributed by atoms with Crippen molar-refractivity contribution in [3.63, 3.8) is 0 Å². The number of benzene rings is 1. The summed E-state index contributed by atoms with van der Waals surface area (Å²) in [6.07, 6.45) is 0.885. The quantitative estimate of drug-likeness (QED) is 0.709. The van der Waals surface area contributed by atoms with E-state index in [1.165, 1.54) is 0 Å². The Kier molecular flexibility index (Phi) is 6.41. The van der Waals surface area contributed by atoms with Crippen molar-refractivity contribution in [3.8, 4) is 0 Å². The first-order valence-electron chi connectivity index (χ1n) is 8.38. The average molecular weight is 367 g/mol. The number of sulfone groups is 1. The molecule has 1 aliphatic rings. The number of carbonyl (C=O) groups is 2. The minimum Gasteiger partial charge on any atom is -0.334 e. The molecule has 138 valence electrons. The van der Waals surface area contributed by atoms with E-state index in [1.807, 2.05) is 32.0 Å². The summed E-state index contributed by atoms with van der Waals surface area (Å²) < 4.78 is 22.9. The van der Waals surface area contributed by atoms with E-state index in [2.05, 4.69) is 16.0 Å². The van der Waals surface area contributed by atoms with Crippen LogP contribution in [0.5, 0.6) is 0 Å². The van der Waals surface area contributed by atoms with Crippen LogP contribution in [-0.2, 0) is 14.6 Å². The Labute approximate surface area is 148 Å². The predicted octanol–water partition coefficient (Wildman–Crippen LogP) is 1.53. The summed E-state index contributed by atoms with van der Waals surface area (Å²) in [4.78, 5) is 24.6. The van der Waals surface area contributed by atoms with Crippen molar-refractivity contribution < 1.29 is 18.0 Å². The highest BCUT2D eigenvalue weighted by molar-refractivity contribution is 7.91. The lowest BCUT2D eigenvalue weighted by atomic mass is 10.0. The molecule has 2 rings (SSSR count). The van der Waals surface area contributed by atoms with Crippen LogP contribution in [0, 0.1) is 5.92 Å². The van der Waals surface area contributed by atoms with Crippen molar-refractivity contribution in [2.24, 2.45) is 5.92 Å². The summed E-state index contributed by atoms with van der Waals surface area (Å²) >= 11 is 0. The van der Waals surface area contributed by atoms with Crippen molar-refractivity contribution in [2.75, 3.05) is 16.8 Å². The van der Waals surface area contributed by atoms with E-state index in [9.17, 15) is 18.0 Å². The molecule has 0 bridgehead atoms. The van der Waals surface area contributed by atoms with Crippen molar-refractivity contribution in [1.29, 1.82) is 0 Å². The third-order valence-electron chi connectivity index (χ3n) is 3.94. The van der Waals surface area contributed by atoms with Crippen LogP contribution in [0.15, 0.2) is 30.3 Å². The molecule has 1 aliphatic heterocycles. The Hall–Kier alpha value is -2.09. The fourth-order valence-electron chi connectivity index (χ4n) is 2.75. The molecule has 1 aromatic carbocycles. The number of urea groups is 1. The summed E-state index contributed by atoms with van der Waals surface area (Å²) in [5.41, 5.74) is 0.658. The lowest BCUT2D eigenvalue weighted by molar-refractivity contribution is -0.118. The van der Waals surface area contributed by atoms with Gasteiger partial charge in [-0.1, -0.05) is 32.0 Å². The van der Waals surface area contributed by atoms with Gasteiger partial charge in [-0.05, 0) is 30.9 Å². The SMILES string of the molecule is CC(C)C[C@@H](NC(=O)NC1CCS(=O)(=O)C1)C(=O)Nc1ccccc1. The molecule has 0 spiro atoms. The van der Waals surface area contributed by atoms with Crippen molar-refractivity contribution in [2.45, 2.75) is 38.8 Å². The summed E-state index contributed by atoms with van der Waals surface area (Å²) in [5.74, 6) is -0.0550. The van der Waals surface area contributed by atoms with Crippen LogP contribution in [-0.4, -0.2) is 43.9 Å². The molecule has 3 amide bonds. The molecule has 0 saturated carbocycles. The van der Waals surface area contributed by atoms with Crippen molar-refractivity contribution in [3.05, 3.63) is 30.3 Å². The van der Waals surface area contributed by atoms with Crippen LogP contribution in [0.1, 0.15) is 26.7 Å². The molecule has 1 unspecified atom stereocenters. The van der Waals surface area contributed by atoms with Gasteiger partial charge < -0.3 is 16.0 Å². The molecule has 1 saturated heterocycles. The Balaban J connectivity index is 1.94. The topological polar surface area (TPSA) is 104 Å². The molecule has 0 aromatic heterocycles. The van der Waals surface area contributed by atoms with Gasteiger partial charge in [0.05, 0.1) is 11.5 Å². The standard InChI is InChI=1S/C17H25N3O4S/c1-12(2)10-15(16(21)18-13-6-4-3-5-7-13)20-17(22)19-14-8-9-25(23,24)11-14/h3-7,12,14-15H,8-11H2,1-2H3,(H,18,21)(H2,19,20,22)/t14?,15-/m1/s1. The summed E-state index contributed by atoms with van der Waals surface area (Å²) in [6, 6.07) is 7.40. The van der Waals surface area contributed by atoms with Gasteiger partial charge in [0.25, 0.3) is 0 Å². The van der Waals surface area contributed by atoms with E-state index in [-0.39, 0.29) is 23.3 Å². The van der Waals surface area contributed by atoms with Gasteiger partial charge in [0, 0.05) is 11.7 Å². The normalized spacial score (nSPS) is 20.0. The lowest BCUT2D eigenvalue weighted by Crippen LogP contribution is -2.51. The van der Waals surface area contributed by atoms with Gasteiger partial charge >= 0.3 is 6.03 Å². The molecule has 8 heteroatoms. The van der Waals surface area contributed by atoms with E-state index in [0.29, 0.717) is 18.5 Å². The smallest absolute Gasteiger partial charge is 0.315 e. The highest BCUT2D eigenvalue weighted by Crippen LogP contribution is 2.12. The third kappa shape index (κ3) is 6.38. The second-order valence-corrected chi connectivity index (χ2v) is 8.98. The first kappa shape index (κ1) is 19.2. The van der Waals surface area contributed by atoms with E-state index < -0.39 is 28.0 Å². The molecule has 1 fully saturated rings. The molecular formula is C17H25N3O4S. The minimum absolute atomic E-state index is 0.0501.